The van der Waals surface area contributed by atoms with Crippen LogP contribution in [0.3, 0.4) is 0 Å². The smallest absolute Gasteiger partial charge is 0.425 e. The maximum Gasteiger partial charge on any atom is 0.425 e. The Morgan fingerprint density at radius 1 is 1.16 bits per heavy atom. The van der Waals surface area contributed by atoms with E-state index in [9.17, 15) is 27.1 Å². The molecule has 10 heteroatoms. The second-order valence-corrected chi connectivity index (χ2v) is 6.77. The molecule has 0 heterocycles. The molecule has 170 valence electrons. The number of hydrogen-bond donors (Lipinski definition) is 1. The van der Waals surface area contributed by atoms with Gasteiger partial charge in [-0.05, 0) is 43.2 Å². The number of methoxy groups -OCH3 is 1. The molecule has 2 aromatic carbocycles. The fourth-order valence-corrected chi connectivity index (χ4v) is 2.86. The van der Waals surface area contributed by atoms with Crippen LogP contribution in [0.2, 0.25) is 0 Å². The Kier molecular flexibility index (Phi) is 7.48. The van der Waals surface area contributed by atoms with Crippen LogP contribution in [0.25, 0.3) is 0 Å². The van der Waals surface area contributed by atoms with Gasteiger partial charge in [0.1, 0.15) is 11.5 Å². The van der Waals surface area contributed by atoms with Gasteiger partial charge in [-0.25, -0.2) is 4.99 Å². The largest absolute Gasteiger partial charge is 0.496 e. The van der Waals surface area contributed by atoms with Gasteiger partial charge in [0.15, 0.2) is 0 Å². The molecular weight excluding hydrogens is 423 g/mol. The summed E-state index contributed by atoms with van der Waals surface area (Å²) >= 11 is 0. The molecule has 0 aromatic heterocycles. The van der Waals surface area contributed by atoms with Gasteiger partial charge in [-0.2, -0.15) is 22.0 Å². The molecule has 0 bridgehead atoms. The van der Waals surface area contributed by atoms with Crippen molar-refractivity contribution < 1.29 is 36.5 Å². The lowest BCUT2D eigenvalue weighted by molar-refractivity contribution is -0.248. The van der Waals surface area contributed by atoms with Crippen LogP contribution in [0.15, 0.2) is 41.4 Å². The summed E-state index contributed by atoms with van der Waals surface area (Å²) in [7, 11) is 2.96. The first-order valence-electron chi connectivity index (χ1n) is 9.22. The first-order valence-corrected chi connectivity index (χ1v) is 9.22. The molecule has 0 aliphatic heterocycles. The lowest BCUT2D eigenvalue weighted by Crippen LogP contribution is -2.43. The minimum Gasteiger partial charge on any atom is -0.496 e. The molecule has 5 nitrogen and oxygen atoms in total. The average molecular weight is 446 g/mol. The van der Waals surface area contributed by atoms with E-state index in [-0.39, 0.29) is 11.5 Å². The molecule has 2 rings (SSSR count). The molecule has 1 atom stereocenters. The molecule has 0 saturated carbocycles. The summed E-state index contributed by atoms with van der Waals surface area (Å²) in [6.07, 6.45) is -3.62. The number of hydrogen-bond acceptors (Lipinski definition) is 4. The third-order valence-corrected chi connectivity index (χ3v) is 4.71. The first kappa shape index (κ1) is 24.4. The fraction of sp³-hybridized carbons (Fsp3) is 0.381. The maximum absolute atomic E-state index is 14.1. The minimum atomic E-state index is -5.15. The normalized spacial score (nSPS) is 14.0. The summed E-state index contributed by atoms with van der Waals surface area (Å²) < 4.78 is 76.4. The van der Waals surface area contributed by atoms with E-state index in [1.54, 1.807) is 18.9 Å². The van der Waals surface area contributed by atoms with E-state index in [1.807, 2.05) is 6.92 Å². The first-order chi connectivity index (χ1) is 14.4. The van der Waals surface area contributed by atoms with Crippen molar-refractivity contribution in [1.82, 2.24) is 4.90 Å². The Balaban J connectivity index is 2.63. The van der Waals surface area contributed by atoms with Gasteiger partial charge in [0.25, 0.3) is 0 Å². The van der Waals surface area contributed by atoms with Crippen LogP contribution in [-0.2, 0) is 5.60 Å². The molecule has 2 aromatic rings. The molecule has 31 heavy (non-hydrogen) atoms. The number of aliphatic hydroxyl groups is 1. The SMILES string of the molecule is CCN(C)C=Nc1cc(OC)c(C(O)(c2ccc(OC(F)F)cc2)C(F)(F)F)cc1C. The highest BCUT2D eigenvalue weighted by Crippen LogP contribution is 2.49. The van der Waals surface area contributed by atoms with E-state index >= 15 is 0 Å². The van der Waals surface area contributed by atoms with Gasteiger partial charge in [-0.3, -0.25) is 0 Å². The number of halogens is 5. The van der Waals surface area contributed by atoms with Gasteiger partial charge in [0.05, 0.1) is 19.1 Å². The molecule has 0 aliphatic rings. The van der Waals surface area contributed by atoms with E-state index in [1.165, 1.54) is 19.5 Å². The average Bonchev–Trinajstić information content (AvgIpc) is 2.71. The zero-order chi connectivity index (χ0) is 23.4. The van der Waals surface area contributed by atoms with Crippen molar-refractivity contribution in [2.75, 3.05) is 20.7 Å². The Hall–Kier alpha value is -2.88. The van der Waals surface area contributed by atoms with Crippen LogP contribution in [-0.4, -0.2) is 49.8 Å². The Morgan fingerprint density at radius 2 is 1.77 bits per heavy atom. The topological polar surface area (TPSA) is 54.3 Å². The predicted molar refractivity (Wildman–Crippen MR) is 106 cm³/mol. The van der Waals surface area contributed by atoms with Crippen LogP contribution >= 0.6 is 0 Å². The van der Waals surface area contributed by atoms with E-state index in [0.717, 1.165) is 30.3 Å². The second-order valence-electron chi connectivity index (χ2n) is 6.77. The number of rotatable bonds is 8. The van der Waals surface area contributed by atoms with Crippen LogP contribution in [0.5, 0.6) is 11.5 Å². The minimum absolute atomic E-state index is 0.232. The third-order valence-electron chi connectivity index (χ3n) is 4.71. The number of nitrogens with zero attached hydrogens (tertiary/aromatic N) is 2. The second kappa shape index (κ2) is 9.51. The van der Waals surface area contributed by atoms with Crippen LogP contribution in [0, 0.1) is 6.92 Å². The summed E-state index contributed by atoms with van der Waals surface area (Å²) in [5.41, 5.74) is -3.86. The van der Waals surface area contributed by atoms with Crippen LogP contribution in [0.4, 0.5) is 27.6 Å². The Bertz CT molecular complexity index is 916. The Morgan fingerprint density at radius 3 is 2.26 bits per heavy atom. The molecule has 0 aliphatic carbocycles. The lowest BCUT2D eigenvalue weighted by Gasteiger charge is -2.33. The quantitative estimate of drug-likeness (QED) is 0.352. The Labute approximate surface area is 176 Å². The zero-order valence-electron chi connectivity index (χ0n) is 17.4. The monoisotopic (exact) mass is 446 g/mol. The molecule has 0 fully saturated rings. The summed E-state index contributed by atoms with van der Waals surface area (Å²) in [5.74, 6) is -0.569. The van der Waals surface area contributed by atoms with E-state index in [4.69, 9.17) is 4.74 Å². The molecular formula is C21H23F5N2O3. The van der Waals surface area contributed by atoms with Crippen molar-refractivity contribution in [2.45, 2.75) is 32.2 Å². The van der Waals surface area contributed by atoms with Gasteiger partial charge < -0.3 is 19.5 Å². The number of ether oxygens (including phenoxy) is 2. The van der Waals surface area contributed by atoms with Crippen molar-refractivity contribution in [3.63, 3.8) is 0 Å². The van der Waals surface area contributed by atoms with Crippen LogP contribution < -0.4 is 9.47 Å². The highest BCUT2D eigenvalue weighted by atomic mass is 19.4. The standard InChI is InChI=1S/C21H23F5N2O3/c1-5-28(3)12-27-17-11-18(30-4)16(10-13(17)2)20(29,21(24,25)26)14-6-8-15(9-7-14)31-19(22)23/h6-12,19,29H,5H2,1-4H3. The summed E-state index contributed by atoms with van der Waals surface area (Å²) in [6.45, 7) is 1.01. The highest BCUT2D eigenvalue weighted by molar-refractivity contribution is 5.66. The van der Waals surface area contributed by atoms with E-state index in [0.29, 0.717) is 17.8 Å². The number of alkyl halides is 5. The van der Waals surface area contributed by atoms with Crippen molar-refractivity contribution in [3.05, 3.63) is 53.1 Å². The molecule has 0 spiro atoms. The van der Waals surface area contributed by atoms with Gasteiger partial charge in [-0.1, -0.05) is 12.1 Å². The van der Waals surface area contributed by atoms with Crippen molar-refractivity contribution in [2.24, 2.45) is 4.99 Å². The molecule has 1 unspecified atom stereocenters. The predicted octanol–water partition coefficient (Wildman–Crippen LogP) is 5.01. The summed E-state index contributed by atoms with van der Waals surface area (Å²) in [6, 6.07) is 6.06. The van der Waals surface area contributed by atoms with Gasteiger partial charge in [0.2, 0.25) is 5.60 Å². The van der Waals surface area contributed by atoms with Crippen LogP contribution in [0.1, 0.15) is 23.6 Å². The van der Waals surface area contributed by atoms with Crippen molar-refractivity contribution in [1.29, 1.82) is 0 Å². The summed E-state index contributed by atoms with van der Waals surface area (Å²) in [5, 5.41) is 10.9. The lowest BCUT2D eigenvalue weighted by atomic mass is 9.84. The molecule has 0 saturated heterocycles. The van der Waals surface area contributed by atoms with Gasteiger partial charge >= 0.3 is 12.8 Å². The number of benzene rings is 2. The number of aliphatic imine (C=N–C) groups is 1. The summed E-state index contributed by atoms with van der Waals surface area (Å²) in [4.78, 5) is 6.03. The molecule has 1 N–H and O–H groups in total. The van der Waals surface area contributed by atoms with Gasteiger partial charge in [-0.15, -0.1) is 0 Å². The highest BCUT2D eigenvalue weighted by Gasteiger charge is 2.57. The van der Waals surface area contributed by atoms with Crippen molar-refractivity contribution >= 4 is 12.0 Å². The fourth-order valence-electron chi connectivity index (χ4n) is 2.86. The van der Waals surface area contributed by atoms with E-state index in [2.05, 4.69) is 9.73 Å². The molecule has 0 amide bonds. The molecule has 0 radical (unpaired) electrons. The number of aryl methyl sites for hydroxylation is 1. The van der Waals surface area contributed by atoms with Crippen molar-refractivity contribution in [3.8, 4) is 11.5 Å². The van der Waals surface area contributed by atoms with Gasteiger partial charge in [0, 0.05) is 25.2 Å². The maximum atomic E-state index is 14.1. The third kappa shape index (κ3) is 5.25. The zero-order valence-corrected chi connectivity index (χ0v) is 17.4. The van der Waals surface area contributed by atoms with E-state index < -0.39 is 29.5 Å².